The molecule has 0 aliphatic heterocycles. The maximum Gasteiger partial charge on any atom is 0.0618 e. The minimum Gasteiger partial charge on any atom is -0.383 e. The van der Waals surface area contributed by atoms with Crippen molar-refractivity contribution in [3.8, 4) is 0 Å². The summed E-state index contributed by atoms with van der Waals surface area (Å²) in [6, 6.07) is 11.1. The fraction of sp³-hybridized carbons (Fsp3) is 0.625. The quantitative estimate of drug-likeness (QED) is 0.801. The van der Waals surface area contributed by atoms with E-state index in [0.717, 1.165) is 13.2 Å². The highest BCUT2D eigenvalue weighted by Crippen LogP contribution is 2.22. The Hall–Kier alpha value is -0.860. The number of nitrogens with one attached hydrogen (secondary N) is 1. The molecule has 0 aromatic heterocycles. The summed E-state index contributed by atoms with van der Waals surface area (Å²) < 4.78 is 5.27. The molecule has 0 aliphatic rings. The van der Waals surface area contributed by atoms with Crippen LogP contribution in [0.4, 0.5) is 0 Å². The van der Waals surface area contributed by atoms with Crippen molar-refractivity contribution in [2.45, 2.75) is 39.2 Å². The summed E-state index contributed by atoms with van der Waals surface area (Å²) >= 11 is 0. The molecule has 1 aromatic rings. The third-order valence-corrected chi connectivity index (χ3v) is 3.51. The molecule has 0 bridgehead atoms. The van der Waals surface area contributed by atoms with Gasteiger partial charge in [-0.05, 0) is 11.5 Å². The van der Waals surface area contributed by atoms with E-state index in [0.29, 0.717) is 12.0 Å². The summed E-state index contributed by atoms with van der Waals surface area (Å²) in [7, 11) is 1.76. The zero-order chi connectivity index (χ0) is 13.6. The van der Waals surface area contributed by atoms with Gasteiger partial charge in [-0.25, -0.2) is 0 Å². The van der Waals surface area contributed by atoms with E-state index >= 15 is 0 Å². The molecule has 0 saturated carbocycles. The second-order valence-electron chi connectivity index (χ2n) is 5.94. The molecule has 0 spiro atoms. The molecule has 0 saturated heterocycles. The van der Waals surface area contributed by atoms with Crippen molar-refractivity contribution in [3.05, 3.63) is 35.9 Å². The van der Waals surface area contributed by atoms with Gasteiger partial charge in [0, 0.05) is 25.1 Å². The van der Waals surface area contributed by atoms with Gasteiger partial charge in [0.1, 0.15) is 0 Å². The number of rotatable bonds is 7. The SMILES string of the molecule is COCC(NCC(C)(C)c1ccccc1)C(C)C. The van der Waals surface area contributed by atoms with Crippen LogP contribution in [0.25, 0.3) is 0 Å². The molecular weight excluding hydrogens is 222 g/mol. The molecular formula is C16H27NO. The highest BCUT2D eigenvalue weighted by atomic mass is 16.5. The molecule has 0 radical (unpaired) electrons. The van der Waals surface area contributed by atoms with E-state index in [2.05, 4.69) is 63.3 Å². The molecule has 1 atom stereocenters. The highest BCUT2D eigenvalue weighted by molar-refractivity contribution is 5.23. The molecule has 1 rings (SSSR count). The van der Waals surface area contributed by atoms with Gasteiger partial charge in [-0.3, -0.25) is 0 Å². The summed E-state index contributed by atoms with van der Waals surface area (Å²) in [4.78, 5) is 0. The van der Waals surface area contributed by atoms with Crippen molar-refractivity contribution < 1.29 is 4.74 Å². The van der Waals surface area contributed by atoms with Crippen molar-refractivity contribution in [1.82, 2.24) is 5.32 Å². The van der Waals surface area contributed by atoms with E-state index in [1.165, 1.54) is 5.56 Å². The second kappa shape index (κ2) is 6.91. The Morgan fingerprint density at radius 3 is 2.28 bits per heavy atom. The first kappa shape index (κ1) is 15.2. The number of benzene rings is 1. The van der Waals surface area contributed by atoms with Gasteiger partial charge < -0.3 is 10.1 Å². The number of ether oxygens (including phenoxy) is 1. The summed E-state index contributed by atoms with van der Waals surface area (Å²) in [6.45, 7) is 10.7. The van der Waals surface area contributed by atoms with Crippen LogP contribution in [0, 0.1) is 5.92 Å². The molecule has 0 fully saturated rings. The molecule has 18 heavy (non-hydrogen) atoms. The Morgan fingerprint density at radius 2 is 1.78 bits per heavy atom. The number of hydrogen-bond acceptors (Lipinski definition) is 2. The fourth-order valence-electron chi connectivity index (χ4n) is 2.04. The maximum absolute atomic E-state index is 5.27. The zero-order valence-corrected chi connectivity index (χ0v) is 12.4. The smallest absolute Gasteiger partial charge is 0.0618 e. The van der Waals surface area contributed by atoms with Gasteiger partial charge in [0.25, 0.3) is 0 Å². The molecule has 0 heterocycles. The van der Waals surface area contributed by atoms with E-state index in [9.17, 15) is 0 Å². The van der Waals surface area contributed by atoms with Gasteiger partial charge in [0.15, 0.2) is 0 Å². The van der Waals surface area contributed by atoms with Crippen LogP contribution in [-0.4, -0.2) is 26.3 Å². The van der Waals surface area contributed by atoms with Gasteiger partial charge in [0.2, 0.25) is 0 Å². The summed E-state index contributed by atoms with van der Waals surface area (Å²) in [5.74, 6) is 0.580. The third kappa shape index (κ3) is 4.43. The lowest BCUT2D eigenvalue weighted by Gasteiger charge is -2.30. The van der Waals surface area contributed by atoms with Crippen LogP contribution in [0.15, 0.2) is 30.3 Å². The van der Waals surface area contributed by atoms with Crippen molar-refractivity contribution in [1.29, 1.82) is 0 Å². The van der Waals surface area contributed by atoms with Crippen molar-refractivity contribution in [2.75, 3.05) is 20.3 Å². The largest absolute Gasteiger partial charge is 0.383 e. The van der Waals surface area contributed by atoms with Crippen LogP contribution >= 0.6 is 0 Å². The molecule has 2 heteroatoms. The molecule has 1 unspecified atom stereocenters. The minimum atomic E-state index is 0.141. The Balaban J connectivity index is 2.60. The molecule has 1 aromatic carbocycles. The van der Waals surface area contributed by atoms with Gasteiger partial charge in [-0.2, -0.15) is 0 Å². The first-order chi connectivity index (χ1) is 8.47. The van der Waals surface area contributed by atoms with E-state index in [-0.39, 0.29) is 5.41 Å². The van der Waals surface area contributed by atoms with Crippen LogP contribution < -0.4 is 5.32 Å². The molecule has 0 aliphatic carbocycles. The first-order valence-corrected chi connectivity index (χ1v) is 6.75. The monoisotopic (exact) mass is 249 g/mol. The summed E-state index contributed by atoms with van der Waals surface area (Å²) in [5, 5.41) is 3.63. The van der Waals surface area contributed by atoms with Crippen LogP contribution in [-0.2, 0) is 10.2 Å². The van der Waals surface area contributed by atoms with Gasteiger partial charge >= 0.3 is 0 Å². The van der Waals surface area contributed by atoms with Crippen molar-refractivity contribution >= 4 is 0 Å². The van der Waals surface area contributed by atoms with Crippen LogP contribution in [0.1, 0.15) is 33.3 Å². The zero-order valence-electron chi connectivity index (χ0n) is 12.4. The number of methoxy groups -OCH3 is 1. The topological polar surface area (TPSA) is 21.3 Å². The van der Waals surface area contributed by atoms with Crippen LogP contribution in [0.2, 0.25) is 0 Å². The Labute approximate surface area is 112 Å². The van der Waals surface area contributed by atoms with Crippen molar-refractivity contribution in [3.63, 3.8) is 0 Å². The first-order valence-electron chi connectivity index (χ1n) is 6.75. The third-order valence-electron chi connectivity index (χ3n) is 3.51. The van der Waals surface area contributed by atoms with E-state index in [1.54, 1.807) is 7.11 Å². The lowest BCUT2D eigenvalue weighted by molar-refractivity contribution is 0.144. The lowest BCUT2D eigenvalue weighted by atomic mass is 9.84. The molecule has 102 valence electrons. The standard InChI is InChI=1S/C16H27NO/c1-13(2)15(11-18-5)17-12-16(3,4)14-9-7-6-8-10-14/h6-10,13,15,17H,11-12H2,1-5H3. The summed E-state index contributed by atoms with van der Waals surface area (Å²) in [6.07, 6.45) is 0. The number of hydrogen-bond donors (Lipinski definition) is 1. The Kier molecular flexibility index (Phi) is 5.83. The highest BCUT2D eigenvalue weighted by Gasteiger charge is 2.22. The maximum atomic E-state index is 5.27. The fourth-order valence-corrected chi connectivity index (χ4v) is 2.04. The summed E-state index contributed by atoms with van der Waals surface area (Å²) in [5.41, 5.74) is 1.51. The Morgan fingerprint density at radius 1 is 1.17 bits per heavy atom. The molecule has 1 N–H and O–H groups in total. The molecule has 0 amide bonds. The lowest BCUT2D eigenvalue weighted by Crippen LogP contribution is -2.44. The van der Waals surface area contributed by atoms with Crippen LogP contribution in [0.3, 0.4) is 0 Å². The average Bonchev–Trinajstić information content (AvgIpc) is 2.35. The van der Waals surface area contributed by atoms with Gasteiger partial charge in [-0.1, -0.05) is 58.0 Å². The van der Waals surface area contributed by atoms with E-state index in [4.69, 9.17) is 4.74 Å². The van der Waals surface area contributed by atoms with Crippen LogP contribution in [0.5, 0.6) is 0 Å². The second-order valence-corrected chi connectivity index (χ2v) is 5.94. The normalized spacial score (nSPS) is 13.9. The van der Waals surface area contributed by atoms with Gasteiger partial charge in [0.05, 0.1) is 6.61 Å². The van der Waals surface area contributed by atoms with Gasteiger partial charge in [-0.15, -0.1) is 0 Å². The molecule has 2 nitrogen and oxygen atoms in total. The predicted octanol–water partition coefficient (Wildman–Crippen LogP) is 3.22. The minimum absolute atomic E-state index is 0.141. The average molecular weight is 249 g/mol. The Bertz CT molecular complexity index is 332. The van der Waals surface area contributed by atoms with Crippen molar-refractivity contribution in [2.24, 2.45) is 5.92 Å². The predicted molar refractivity (Wildman–Crippen MR) is 78.0 cm³/mol. The van der Waals surface area contributed by atoms with E-state index in [1.807, 2.05) is 0 Å². The van der Waals surface area contributed by atoms with E-state index < -0.39 is 0 Å².